The van der Waals surface area contributed by atoms with Crippen LogP contribution in [0.1, 0.15) is 46.2 Å². The number of hydrogen-bond donors (Lipinski definition) is 2. The molecule has 1 unspecified atom stereocenters. The van der Waals surface area contributed by atoms with E-state index >= 15 is 0 Å². The van der Waals surface area contributed by atoms with Crippen LogP contribution >= 0.6 is 0 Å². The summed E-state index contributed by atoms with van der Waals surface area (Å²) in [6, 6.07) is 10.5. The van der Waals surface area contributed by atoms with Gasteiger partial charge in [-0.25, -0.2) is 0 Å². The van der Waals surface area contributed by atoms with Gasteiger partial charge in [0, 0.05) is 19.8 Å². The molecule has 6 heteroatoms. The number of carbonyl (C=O) groups is 2. The standard InChI is InChI=1S/C18H21N3O3/c1-4-20-16(22)14-10-15(17(23)19-3)18(24)21(11-14)12(2)13-8-6-5-7-9-13/h5-12H,4H2,1-3H3,(H,19,23)(H,20,22). The molecule has 1 aromatic heterocycles. The SMILES string of the molecule is CCNC(=O)c1cc(C(=O)NC)c(=O)n(C(C)c2ccccc2)c1. The number of carbonyl (C=O) groups excluding carboxylic acids is 2. The van der Waals surface area contributed by atoms with E-state index in [1.807, 2.05) is 37.3 Å². The Morgan fingerprint density at radius 2 is 1.83 bits per heavy atom. The first kappa shape index (κ1) is 17.5. The van der Waals surface area contributed by atoms with Crippen LogP contribution in [-0.2, 0) is 0 Å². The molecule has 0 radical (unpaired) electrons. The van der Waals surface area contributed by atoms with E-state index in [9.17, 15) is 14.4 Å². The lowest BCUT2D eigenvalue weighted by Gasteiger charge is -2.18. The van der Waals surface area contributed by atoms with E-state index < -0.39 is 11.5 Å². The van der Waals surface area contributed by atoms with Gasteiger partial charge in [-0.05, 0) is 25.5 Å². The molecule has 1 atom stereocenters. The number of aromatic nitrogens is 1. The van der Waals surface area contributed by atoms with E-state index in [1.165, 1.54) is 23.9 Å². The fraction of sp³-hybridized carbons (Fsp3) is 0.278. The molecule has 0 saturated carbocycles. The third-order valence-corrected chi connectivity index (χ3v) is 3.81. The second-order valence-electron chi connectivity index (χ2n) is 5.38. The Morgan fingerprint density at radius 1 is 1.17 bits per heavy atom. The third kappa shape index (κ3) is 3.53. The number of benzene rings is 1. The van der Waals surface area contributed by atoms with Gasteiger partial charge in [-0.3, -0.25) is 14.4 Å². The van der Waals surface area contributed by atoms with E-state index in [0.29, 0.717) is 6.54 Å². The normalized spacial score (nSPS) is 11.6. The zero-order valence-electron chi connectivity index (χ0n) is 14.0. The minimum Gasteiger partial charge on any atom is -0.355 e. The first-order valence-electron chi connectivity index (χ1n) is 7.81. The summed E-state index contributed by atoms with van der Waals surface area (Å²) in [6.07, 6.45) is 1.50. The Bertz CT molecular complexity index is 797. The lowest BCUT2D eigenvalue weighted by molar-refractivity contribution is 0.0955. The van der Waals surface area contributed by atoms with Crippen molar-refractivity contribution in [1.82, 2.24) is 15.2 Å². The summed E-state index contributed by atoms with van der Waals surface area (Å²) < 4.78 is 1.42. The van der Waals surface area contributed by atoms with Crippen LogP contribution in [0.2, 0.25) is 0 Å². The smallest absolute Gasteiger partial charge is 0.264 e. The predicted octanol–water partition coefficient (Wildman–Crippen LogP) is 1.57. The van der Waals surface area contributed by atoms with Gasteiger partial charge in [-0.15, -0.1) is 0 Å². The molecule has 0 saturated heterocycles. The van der Waals surface area contributed by atoms with E-state index in [0.717, 1.165) is 5.56 Å². The lowest BCUT2D eigenvalue weighted by Crippen LogP contribution is -2.35. The van der Waals surface area contributed by atoms with Crippen molar-refractivity contribution in [3.63, 3.8) is 0 Å². The number of pyridine rings is 1. The van der Waals surface area contributed by atoms with Gasteiger partial charge >= 0.3 is 0 Å². The summed E-state index contributed by atoms with van der Waals surface area (Å²) in [6.45, 7) is 4.12. The molecule has 0 aliphatic carbocycles. The van der Waals surface area contributed by atoms with Crippen molar-refractivity contribution in [3.05, 3.63) is 69.6 Å². The Morgan fingerprint density at radius 3 is 2.42 bits per heavy atom. The maximum absolute atomic E-state index is 12.7. The summed E-state index contributed by atoms with van der Waals surface area (Å²) in [5.74, 6) is -0.836. The Balaban J connectivity index is 2.61. The van der Waals surface area contributed by atoms with Crippen LogP contribution in [0.5, 0.6) is 0 Å². The molecule has 6 nitrogen and oxygen atoms in total. The minimum atomic E-state index is -0.514. The molecular formula is C18H21N3O3. The third-order valence-electron chi connectivity index (χ3n) is 3.81. The van der Waals surface area contributed by atoms with Crippen molar-refractivity contribution in [2.24, 2.45) is 0 Å². The predicted molar refractivity (Wildman–Crippen MR) is 92.4 cm³/mol. The maximum atomic E-state index is 12.7. The summed E-state index contributed by atoms with van der Waals surface area (Å²) in [5, 5.41) is 5.13. The van der Waals surface area contributed by atoms with Gasteiger partial charge in [-0.1, -0.05) is 30.3 Å². The van der Waals surface area contributed by atoms with Crippen LogP contribution < -0.4 is 16.2 Å². The van der Waals surface area contributed by atoms with E-state index in [2.05, 4.69) is 10.6 Å². The summed E-state index contributed by atoms with van der Waals surface area (Å²) in [4.78, 5) is 36.9. The van der Waals surface area contributed by atoms with Gasteiger partial charge in [0.1, 0.15) is 5.56 Å². The molecule has 2 rings (SSSR count). The van der Waals surface area contributed by atoms with Crippen LogP contribution in [0.25, 0.3) is 0 Å². The molecule has 0 bridgehead atoms. The van der Waals surface area contributed by atoms with Crippen molar-refractivity contribution >= 4 is 11.8 Å². The largest absolute Gasteiger partial charge is 0.355 e. The summed E-state index contributed by atoms with van der Waals surface area (Å²) in [7, 11) is 1.45. The first-order chi connectivity index (χ1) is 11.5. The molecule has 2 aromatic rings. The van der Waals surface area contributed by atoms with Crippen molar-refractivity contribution in [2.75, 3.05) is 13.6 Å². The second kappa shape index (κ2) is 7.59. The van der Waals surface area contributed by atoms with Gasteiger partial charge in [0.25, 0.3) is 17.4 Å². The fourth-order valence-corrected chi connectivity index (χ4v) is 2.47. The molecule has 2 N–H and O–H groups in total. The maximum Gasteiger partial charge on any atom is 0.264 e. The van der Waals surface area contributed by atoms with Crippen LogP contribution in [-0.4, -0.2) is 30.0 Å². The molecule has 24 heavy (non-hydrogen) atoms. The number of hydrogen-bond acceptors (Lipinski definition) is 3. The van der Waals surface area contributed by atoms with Crippen LogP contribution in [0.3, 0.4) is 0 Å². The summed E-state index contributed by atoms with van der Waals surface area (Å²) in [5.41, 5.74) is 0.705. The zero-order chi connectivity index (χ0) is 17.7. The number of nitrogens with one attached hydrogen (secondary N) is 2. The Hall–Kier alpha value is -2.89. The first-order valence-corrected chi connectivity index (χ1v) is 7.81. The van der Waals surface area contributed by atoms with E-state index in [4.69, 9.17) is 0 Å². The number of rotatable bonds is 5. The van der Waals surface area contributed by atoms with E-state index in [-0.39, 0.29) is 23.1 Å². The molecular weight excluding hydrogens is 306 g/mol. The minimum absolute atomic E-state index is 0.0518. The van der Waals surface area contributed by atoms with Crippen molar-refractivity contribution in [3.8, 4) is 0 Å². The molecule has 126 valence electrons. The number of nitrogens with zero attached hydrogens (tertiary/aromatic N) is 1. The molecule has 1 heterocycles. The second-order valence-corrected chi connectivity index (χ2v) is 5.38. The monoisotopic (exact) mass is 327 g/mol. The van der Waals surface area contributed by atoms with Gasteiger partial charge in [0.15, 0.2) is 0 Å². The highest BCUT2D eigenvalue weighted by Gasteiger charge is 2.19. The molecule has 2 amide bonds. The lowest BCUT2D eigenvalue weighted by atomic mass is 10.1. The van der Waals surface area contributed by atoms with Gasteiger partial charge < -0.3 is 15.2 Å². The number of amides is 2. The summed E-state index contributed by atoms with van der Waals surface area (Å²) >= 11 is 0. The molecule has 0 aliphatic rings. The van der Waals surface area contributed by atoms with E-state index in [1.54, 1.807) is 6.92 Å². The highest BCUT2D eigenvalue weighted by Crippen LogP contribution is 2.16. The Labute approximate surface area is 140 Å². The zero-order valence-corrected chi connectivity index (χ0v) is 14.0. The fourth-order valence-electron chi connectivity index (χ4n) is 2.47. The highest BCUT2D eigenvalue weighted by molar-refractivity contribution is 5.99. The van der Waals surface area contributed by atoms with Crippen LogP contribution in [0.15, 0.2) is 47.4 Å². The molecule has 0 spiro atoms. The van der Waals surface area contributed by atoms with Gasteiger partial charge in [-0.2, -0.15) is 0 Å². The van der Waals surface area contributed by atoms with Gasteiger partial charge in [0.2, 0.25) is 0 Å². The quantitative estimate of drug-likeness (QED) is 0.875. The average molecular weight is 327 g/mol. The average Bonchev–Trinajstić information content (AvgIpc) is 2.61. The molecule has 1 aromatic carbocycles. The van der Waals surface area contributed by atoms with Crippen LogP contribution in [0.4, 0.5) is 0 Å². The Kier molecular flexibility index (Phi) is 5.52. The highest BCUT2D eigenvalue weighted by atomic mass is 16.2. The van der Waals surface area contributed by atoms with Crippen molar-refractivity contribution < 1.29 is 9.59 Å². The van der Waals surface area contributed by atoms with Crippen LogP contribution in [0, 0.1) is 0 Å². The molecule has 0 fully saturated rings. The van der Waals surface area contributed by atoms with Crippen molar-refractivity contribution in [2.45, 2.75) is 19.9 Å². The van der Waals surface area contributed by atoms with Crippen molar-refractivity contribution in [1.29, 1.82) is 0 Å². The van der Waals surface area contributed by atoms with Gasteiger partial charge in [0.05, 0.1) is 11.6 Å². The molecule has 0 aliphatic heterocycles. The topological polar surface area (TPSA) is 80.2 Å².